The highest BCUT2D eigenvalue weighted by Gasteiger charge is 2.19. The molecule has 0 bridgehead atoms. The van der Waals surface area contributed by atoms with Gasteiger partial charge in [0.15, 0.2) is 0 Å². The Kier molecular flexibility index (Phi) is 6.19. The second-order valence-electron chi connectivity index (χ2n) is 7.40. The molecule has 0 spiro atoms. The Bertz CT molecular complexity index is 870. The summed E-state index contributed by atoms with van der Waals surface area (Å²) in [5, 5.41) is 13.9. The molecule has 2 atom stereocenters. The lowest BCUT2D eigenvalue weighted by molar-refractivity contribution is -0.384. The van der Waals surface area contributed by atoms with Gasteiger partial charge in [0.1, 0.15) is 5.02 Å². The number of nitrogens with one attached hydrogen (secondary N) is 1. The molecule has 0 aromatic heterocycles. The standard InChI is InChI=1S/C21H24ClN3O3/c1-14-4-3-11-24(13-14)18-8-5-16(6-9-18)15(2)23-21(26)17-7-10-19(22)20(12-17)25(27)28/h5-10,12,14-15H,3-4,11,13H2,1-2H3,(H,23,26)/t14-,15+/m0/s1. The predicted molar refractivity (Wildman–Crippen MR) is 111 cm³/mol. The summed E-state index contributed by atoms with van der Waals surface area (Å²) in [5.41, 5.74) is 2.11. The fraction of sp³-hybridized carbons (Fsp3) is 0.381. The molecule has 6 nitrogen and oxygen atoms in total. The molecule has 28 heavy (non-hydrogen) atoms. The number of nitro groups is 1. The smallest absolute Gasteiger partial charge is 0.288 e. The zero-order valence-corrected chi connectivity index (χ0v) is 16.8. The first-order valence-corrected chi connectivity index (χ1v) is 9.82. The Hall–Kier alpha value is -2.60. The number of hydrogen-bond acceptors (Lipinski definition) is 4. The van der Waals surface area contributed by atoms with Gasteiger partial charge in [0.25, 0.3) is 11.6 Å². The minimum Gasteiger partial charge on any atom is -0.371 e. The molecule has 2 aromatic carbocycles. The number of halogens is 1. The van der Waals surface area contributed by atoms with Gasteiger partial charge in [0.2, 0.25) is 0 Å². The fourth-order valence-electron chi connectivity index (χ4n) is 3.55. The lowest BCUT2D eigenvalue weighted by Crippen LogP contribution is -2.34. The average Bonchev–Trinajstić information content (AvgIpc) is 2.68. The van der Waals surface area contributed by atoms with Crippen LogP contribution < -0.4 is 10.2 Å². The van der Waals surface area contributed by atoms with Gasteiger partial charge in [0.05, 0.1) is 11.0 Å². The molecule has 1 aliphatic heterocycles. The molecule has 1 fully saturated rings. The Morgan fingerprint density at radius 1 is 1.29 bits per heavy atom. The van der Waals surface area contributed by atoms with Gasteiger partial charge < -0.3 is 10.2 Å². The minimum absolute atomic E-state index is 0.0113. The molecule has 3 rings (SSSR count). The van der Waals surface area contributed by atoms with Crippen molar-refractivity contribution in [2.45, 2.75) is 32.7 Å². The van der Waals surface area contributed by atoms with Crippen LogP contribution in [0.5, 0.6) is 0 Å². The van der Waals surface area contributed by atoms with Crippen molar-refractivity contribution in [3.63, 3.8) is 0 Å². The van der Waals surface area contributed by atoms with E-state index in [4.69, 9.17) is 11.6 Å². The molecule has 1 N–H and O–H groups in total. The molecule has 2 aromatic rings. The Morgan fingerprint density at radius 3 is 2.64 bits per heavy atom. The van der Waals surface area contributed by atoms with Crippen molar-refractivity contribution in [1.82, 2.24) is 5.32 Å². The topological polar surface area (TPSA) is 75.5 Å². The lowest BCUT2D eigenvalue weighted by Gasteiger charge is -2.33. The van der Waals surface area contributed by atoms with E-state index in [1.807, 2.05) is 19.1 Å². The average molecular weight is 402 g/mol. The molecule has 1 saturated heterocycles. The number of piperidine rings is 1. The lowest BCUT2D eigenvalue weighted by atomic mass is 9.99. The van der Waals surface area contributed by atoms with Crippen molar-refractivity contribution in [2.75, 3.05) is 18.0 Å². The van der Waals surface area contributed by atoms with Crippen molar-refractivity contribution < 1.29 is 9.72 Å². The largest absolute Gasteiger partial charge is 0.371 e. The van der Waals surface area contributed by atoms with E-state index in [0.29, 0.717) is 5.92 Å². The van der Waals surface area contributed by atoms with Crippen molar-refractivity contribution in [3.05, 3.63) is 68.7 Å². The van der Waals surface area contributed by atoms with Crippen molar-refractivity contribution in [1.29, 1.82) is 0 Å². The predicted octanol–water partition coefficient (Wildman–Crippen LogP) is 4.98. The third-order valence-corrected chi connectivity index (χ3v) is 5.49. The van der Waals surface area contributed by atoms with E-state index < -0.39 is 4.92 Å². The second-order valence-corrected chi connectivity index (χ2v) is 7.81. The number of nitro benzene ring substituents is 1. The number of carbonyl (C=O) groups is 1. The molecule has 0 saturated carbocycles. The van der Waals surface area contributed by atoms with Crippen LogP contribution in [0.25, 0.3) is 0 Å². The molecule has 1 heterocycles. The highest BCUT2D eigenvalue weighted by atomic mass is 35.5. The maximum absolute atomic E-state index is 12.5. The van der Waals surface area contributed by atoms with Gasteiger partial charge >= 0.3 is 0 Å². The summed E-state index contributed by atoms with van der Waals surface area (Å²) in [6, 6.07) is 12.0. The first kappa shape index (κ1) is 20.1. The summed E-state index contributed by atoms with van der Waals surface area (Å²) in [6.45, 7) is 6.31. The van der Waals surface area contributed by atoms with E-state index in [-0.39, 0.29) is 28.2 Å². The Balaban J connectivity index is 1.67. The molecule has 0 unspecified atom stereocenters. The van der Waals surface area contributed by atoms with Gasteiger partial charge in [0, 0.05) is 30.4 Å². The minimum atomic E-state index is -0.595. The molecule has 1 amide bonds. The van der Waals surface area contributed by atoms with Crippen LogP contribution in [0.4, 0.5) is 11.4 Å². The van der Waals surface area contributed by atoms with Crippen LogP contribution in [0.3, 0.4) is 0 Å². The SMILES string of the molecule is C[C@H]1CCCN(c2ccc([C@@H](C)NC(=O)c3ccc(Cl)c([N+](=O)[O-])c3)cc2)C1. The van der Waals surface area contributed by atoms with Crippen LogP contribution in [0.2, 0.25) is 5.02 Å². The number of hydrogen-bond donors (Lipinski definition) is 1. The van der Waals surface area contributed by atoms with Crippen molar-refractivity contribution in [3.8, 4) is 0 Å². The first-order valence-electron chi connectivity index (χ1n) is 9.45. The van der Waals surface area contributed by atoms with Crippen LogP contribution >= 0.6 is 11.6 Å². The molecule has 1 aliphatic rings. The van der Waals surface area contributed by atoms with E-state index in [1.54, 1.807) is 0 Å². The van der Waals surface area contributed by atoms with Crippen LogP contribution in [0, 0.1) is 16.0 Å². The van der Waals surface area contributed by atoms with Crippen LogP contribution in [-0.4, -0.2) is 23.9 Å². The van der Waals surface area contributed by atoms with Crippen molar-refractivity contribution >= 4 is 28.9 Å². The molecule has 0 aliphatic carbocycles. The molecule has 148 valence electrons. The van der Waals surface area contributed by atoms with Crippen LogP contribution in [0.1, 0.15) is 48.7 Å². The molecular formula is C21H24ClN3O3. The molecular weight excluding hydrogens is 378 g/mol. The van der Waals surface area contributed by atoms with Gasteiger partial charge in [-0.15, -0.1) is 0 Å². The summed E-state index contributed by atoms with van der Waals surface area (Å²) < 4.78 is 0. The van der Waals surface area contributed by atoms with E-state index >= 15 is 0 Å². The first-order chi connectivity index (χ1) is 13.3. The van der Waals surface area contributed by atoms with Gasteiger partial charge in [-0.2, -0.15) is 0 Å². The summed E-state index contributed by atoms with van der Waals surface area (Å²) >= 11 is 5.81. The van der Waals surface area contributed by atoms with Crippen LogP contribution in [-0.2, 0) is 0 Å². The third kappa shape index (κ3) is 4.62. The quantitative estimate of drug-likeness (QED) is 0.566. The highest BCUT2D eigenvalue weighted by Crippen LogP contribution is 2.26. The number of benzene rings is 2. The number of rotatable bonds is 5. The fourth-order valence-corrected chi connectivity index (χ4v) is 3.74. The monoisotopic (exact) mass is 401 g/mol. The summed E-state index contributed by atoms with van der Waals surface area (Å²) in [4.78, 5) is 25.3. The van der Waals surface area contributed by atoms with E-state index in [9.17, 15) is 14.9 Å². The third-order valence-electron chi connectivity index (χ3n) is 5.17. The Labute approximate surface area is 169 Å². The van der Waals surface area contributed by atoms with Gasteiger partial charge in [-0.3, -0.25) is 14.9 Å². The summed E-state index contributed by atoms with van der Waals surface area (Å²) in [7, 11) is 0. The number of amides is 1. The second kappa shape index (κ2) is 8.61. The number of nitrogens with zero attached hydrogens (tertiary/aromatic N) is 2. The maximum atomic E-state index is 12.5. The van der Waals surface area contributed by atoms with E-state index in [2.05, 4.69) is 29.3 Å². The highest BCUT2D eigenvalue weighted by molar-refractivity contribution is 6.32. The molecule has 7 heteroatoms. The summed E-state index contributed by atoms with van der Waals surface area (Å²) in [6.07, 6.45) is 2.49. The van der Waals surface area contributed by atoms with Crippen LogP contribution in [0.15, 0.2) is 42.5 Å². The van der Waals surface area contributed by atoms with Gasteiger partial charge in [-0.1, -0.05) is 30.7 Å². The number of anilines is 1. The van der Waals surface area contributed by atoms with Gasteiger partial charge in [-0.25, -0.2) is 0 Å². The normalized spacial score (nSPS) is 17.8. The van der Waals surface area contributed by atoms with Crippen molar-refractivity contribution in [2.24, 2.45) is 5.92 Å². The zero-order chi connectivity index (χ0) is 20.3. The molecule has 0 radical (unpaired) electrons. The Morgan fingerprint density at radius 2 is 2.00 bits per heavy atom. The number of carbonyl (C=O) groups excluding carboxylic acids is 1. The zero-order valence-electron chi connectivity index (χ0n) is 16.0. The van der Waals surface area contributed by atoms with E-state index in [0.717, 1.165) is 18.7 Å². The maximum Gasteiger partial charge on any atom is 0.288 e. The van der Waals surface area contributed by atoms with Gasteiger partial charge in [-0.05, 0) is 55.5 Å². The summed E-state index contributed by atoms with van der Waals surface area (Å²) in [5.74, 6) is 0.330. The van der Waals surface area contributed by atoms with E-state index in [1.165, 1.54) is 36.7 Å².